The first kappa shape index (κ1) is 33.8. The number of aromatic nitrogens is 1. The molecule has 3 heterocycles. The maximum atomic E-state index is 13.2. The van der Waals surface area contributed by atoms with Gasteiger partial charge in [0, 0.05) is 18.4 Å². The third-order valence-corrected chi connectivity index (χ3v) is 7.30. The van der Waals surface area contributed by atoms with Crippen LogP contribution in [0.4, 0.5) is 0 Å². The van der Waals surface area contributed by atoms with Gasteiger partial charge in [-0.2, -0.15) is 0 Å². The van der Waals surface area contributed by atoms with Crippen molar-refractivity contribution in [3.8, 4) is 0 Å². The Morgan fingerprint density at radius 2 is 1.73 bits per heavy atom. The van der Waals surface area contributed by atoms with E-state index in [1.165, 1.54) is 12.7 Å². The molecule has 41 heavy (non-hydrogen) atoms. The Hall–Kier alpha value is -3.38. The first-order valence-electron chi connectivity index (χ1n) is 14.2. The summed E-state index contributed by atoms with van der Waals surface area (Å²) in [5, 5.41) is 5.83. The highest BCUT2D eigenvalue weighted by atomic mass is 32.2. The highest BCUT2D eigenvalue weighted by Crippen LogP contribution is 2.27. The zero-order valence-corrected chi connectivity index (χ0v) is 24.7. The minimum atomic E-state index is -3.11. The van der Waals surface area contributed by atoms with Crippen LogP contribution in [0.3, 0.4) is 0 Å². The molecule has 2 N–H and O–H groups in total. The van der Waals surface area contributed by atoms with Gasteiger partial charge in [-0.15, -0.1) is 12.6 Å². The van der Waals surface area contributed by atoms with Crippen LogP contribution in [-0.4, -0.2) is 71.3 Å². The number of rotatable bonds is 8. The van der Waals surface area contributed by atoms with Gasteiger partial charge in [0.1, 0.15) is 6.04 Å². The fraction of sp³-hybridized carbons (Fsp3) is 0.586. The molecule has 2 fully saturated rings. The van der Waals surface area contributed by atoms with Crippen LogP contribution in [0.15, 0.2) is 53.4 Å². The second-order valence-corrected chi connectivity index (χ2v) is 10.8. The molecule has 0 unspecified atom stereocenters. The number of furan rings is 1. The number of carbonyl (C=O) groups is 3. The van der Waals surface area contributed by atoms with Crippen LogP contribution in [0.1, 0.15) is 82.2 Å². The number of hydrogen-bond acceptors (Lipinski definition) is 9. The number of likely N-dealkylation sites (tertiary alicyclic amines) is 1. The van der Waals surface area contributed by atoms with Gasteiger partial charge >= 0.3 is 10.6 Å². The van der Waals surface area contributed by atoms with E-state index < -0.39 is 28.6 Å². The van der Waals surface area contributed by atoms with Gasteiger partial charge in [-0.3, -0.25) is 24.3 Å². The number of nitrogens with one attached hydrogen (secondary N) is 2. The van der Waals surface area contributed by atoms with Crippen LogP contribution in [0.5, 0.6) is 0 Å². The van der Waals surface area contributed by atoms with Gasteiger partial charge in [-0.25, -0.2) is 0 Å². The summed E-state index contributed by atoms with van der Waals surface area (Å²) in [6, 6.07) is 8.12. The van der Waals surface area contributed by atoms with E-state index in [9.17, 15) is 14.4 Å². The second kappa shape index (κ2) is 18.9. The average Bonchev–Trinajstić information content (AvgIpc) is 3.47. The number of Topliss-reactive ketones (excluding diaryl/α,β-unsaturated/α-hetero) is 1. The molecule has 4 rings (SSSR count). The molecule has 2 aromatic rings. The minimum Gasteiger partial charge on any atom is -0.459 e. The van der Waals surface area contributed by atoms with Gasteiger partial charge in [-0.05, 0) is 69.3 Å². The Morgan fingerprint density at radius 3 is 2.27 bits per heavy atom. The molecule has 1 saturated carbocycles. The van der Waals surface area contributed by atoms with E-state index in [2.05, 4.69) is 34.4 Å². The third-order valence-electron chi connectivity index (χ3n) is 7.30. The first-order chi connectivity index (χ1) is 19.7. The normalized spacial score (nSPS) is 20.2. The topological polar surface area (TPSA) is 156 Å². The number of ketones is 1. The Morgan fingerprint density at radius 1 is 1.05 bits per heavy atom. The summed E-state index contributed by atoms with van der Waals surface area (Å²) in [7, 11) is -3.11. The number of nitrogens with zero attached hydrogens (tertiary/aromatic N) is 2. The zero-order valence-electron chi connectivity index (χ0n) is 23.9. The monoisotopic (exact) mass is 590 g/mol. The summed E-state index contributed by atoms with van der Waals surface area (Å²) in [5.74, 6) is -0.00132. The predicted molar refractivity (Wildman–Crippen MR) is 153 cm³/mol. The maximum Gasteiger partial charge on any atom is 0.425 e. The Balaban J connectivity index is 0.000000497. The molecule has 0 bridgehead atoms. The Bertz CT molecular complexity index is 1120. The summed E-state index contributed by atoms with van der Waals surface area (Å²) in [6.07, 6.45) is 13.7. The van der Waals surface area contributed by atoms with Crippen molar-refractivity contribution in [3.05, 3.63) is 54.7 Å². The number of amides is 2. The number of pyridine rings is 1. The second-order valence-electron chi connectivity index (χ2n) is 10.4. The molecular formula is C29H42N4O7S. The number of hydrogen-bond donors (Lipinski definition) is 2. The van der Waals surface area contributed by atoms with E-state index in [0.717, 1.165) is 45.1 Å². The standard InChI is InChI=1S/C24H37N3O4.C5H5N.O3S/c1-3-13-27-16-21(28)19(12-11-17(27)2)25-23(29)20(15-18-8-5-4-6-9-18)26-24(30)22-10-7-14-31-22;1-2-4-6-5-3-1;1-4(2)3/h7,10,14,17-20H,3-6,8-9,11-13,15-16H2,1-2H3,(H,25,29)(H,26,30);1-5H;/t17-,19+,20+;;/m1../s1. The van der Waals surface area contributed by atoms with Crippen molar-refractivity contribution in [1.82, 2.24) is 20.5 Å². The molecule has 3 atom stereocenters. The van der Waals surface area contributed by atoms with Crippen LogP contribution in [0.2, 0.25) is 0 Å². The lowest BCUT2D eigenvalue weighted by Crippen LogP contribution is -2.52. The Labute approximate surface area is 243 Å². The van der Waals surface area contributed by atoms with E-state index in [0.29, 0.717) is 31.3 Å². The average molecular weight is 591 g/mol. The van der Waals surface area contributed by atoms with E-state index >= 15 is 0 Å². The molecule has 0 radical (unpaired) electrons. The molecule has 1 saturated heterocycles. The molecule has 2 aromatic heterocycles. The summed E-state index contributed by atoms with van der Waals surface area (Å²) >= 11 is 0. The van der Waals surface area contributed by atoms with E-state index in [1.807, 2.05) is 18.2 Å². The fourth-order valence-corrected chi connectivity index (χ4v) is 5.17. The van der Waals surface area contributed by atoms with Gasteiger partial charge in [0.2, 0.25) is 5.91 Å². The highest BCUT2D eigenvalue weighted by Gasteiger charge is 2.33. The lowest BCUT2D eigenvalue weighted by atomic mass is 9.84. The summed E-state index contributed by atoms with van der Waals surface area (Å²) in [5.41, 5.74) is 0. The van der Waals surface area contributed by atoms with Crippen molar-refractivity contribution < 1.29 is 31.4 Å². The van der Waals surface area contributed by atoms with Crippen LogP contribution in [0.25, 0.3) is 0 Å². The van der Waals surface area contributed by atoms with Gasteiger partial charge in [0.05, 0.1) is 18.8 Å². The molecule has 0 spiro atoms. The lowest BCUT2D eigenvalue weighted by Gasteiger charge is -2.27. The molecule has 2 aliphatic rings. The SMILES string of the molecule is CCCN1CC(=O)[C@@H](NC(=O)[C@H](CC2CCCCC2)NC(=O)c2ccco2)CC[C@H]1C.O=S(=O)=O.c1ccncc1. The predicted octanol–water partition coefficient (Wildman–Crippen LogP) is 3.37. The smallest absolute Gasteiger partial charge is 0.425 e. The summed E-state index contributed by atoms with van der Waals surface area (Å²) < 4.78 is 30.5. The van der Waals surface area contributed by atoms with E-state index in [4.69, 9.17) is 17.0 Å². The molecular weight excluding hydrogens is 548 g/mol. The third kappa shape index (κ3) is 13.2. The zero-order chi connectivity index (χ0) is 30.0. The maximum absolute atomic E-state index is 13.2. The molecule has 2 amide bonds. The number of carbonyl (C=O) groups excluding carboxylic acids is 3. The van der Waals surface area contributed by atoms with Gasteiger partial charge in [-0.1, -0.05) is 45.1 Å². The van der Waals surface area contributed by atoms with Crippen LogP contribution < -0.4 is 10.6 Å². The van der Waals surface area contributed by atoms with Crippen molar-refractivity contribution in [2.75, 3.05) is 13.1 Å². The van der Waals surface area contributed by atoms with Crippen LogP contribution in [0, 0.1) is 5.92 Å². The quantitative estimate of drug-likeness (QED) is 0.471. The first-order valence-corrected chi connectivity index (χ1v) is 15.2. The minimum absolute atomic E-state index is 0.0555. The molecule has 0 aromatic carbocycles. The van der Waals surface area contributed by atoms with Crippen LogP contribution in [-0.2, 0) is 20.2 Å². The van der Waals surface area contributed by atoms with Crippen molar-refractivity contribution >= 4 is 28.2 Å². The van der Waals surface area contributed by atoms with E-state index in [-0.39, 0.29) is 17.5 Å². The van der Waals surface area contributed by atoms with Crippen molar-refractivity contribution in [3.63, 3.8) is 0 Å². The van der Waals surface area contributed by atoms with Crippen LogP contribution >= 0.6 is 0 Å². The lowest BCUT2D eigenvalue weighted by molar-refractivity contribution is -0.129. The molecule has 1 aliphatic carbocycles. The molecule has 11 nitrogen and oxygen atoms in total. The van der Waals surface area contributed by atoms with Gasteiger partial charge in [0.25, 0.3) is 5.91 Å². The molecule has 226 valence electrons. The fourth-order valence-electron chi connectivity index (χ4n) is 5.17. The summed E-state index contributed by atoms with van der Waals surface area (Å²) in [4.78, 5) is 44.6. The van der Waals surface area contributed by atoms with Gasteiger partial charge in [0.15, 0.2) is 11.5 Å². The van der Waals surface area contributed by atoms with Crippen molar-refractivity contribution in [2.45, 2.75) is 89.8 Å². The van der Waals surface area contributed by atoms with Crippen molar-refractivity contribution in [2.24, 2.45) is 5.92 Å². The molecule has 12 heteroatoms. The highest BCUT2D eigenvalue weighted by molar-refractivity contribution is 7.59. The van der Waals surface area contributed by atoms with E-state index in [1.54, 1.807) is 24.5 Å². The summed E-state index contributed by atoms with van der Waals surface area (Å²) in [6.45, 7) is 5.50. The largest absolute Gasteiger partial charge is 0.459 e. The van der Waals surface area contributed by atoms with Gasteiger partial charge < -0.3 is 15.1 Å². The molecule has 1 aliphatic heterocycles. The van der Waals surface area contributed by atoms with Crippen molar-refractivity contribution in [1.29, 1.82) is 0 Å². The Kier molecular flexibility index (Phi) is 15.6.